The van der Waals surface area contributed by atoms with Gasteiger partial charge in [0.25, 0.3) is 5.91 Å². The van der Waals surface area contributed by atoms with Crippen molar-refractivity contribution in [1.82, 2.24) is 10.6 Å². The summed E-state index contributed by atoms with van der Waals surface area (Å²) in [5.41, 5.74) is -0.229. The summed E-state index contributed by atoms with van der Waals surface area (Å²) in [6.07, 6.45) is 1.68. The molecular formula is C13H16ClFN2O. The van der Waals surface area contributed by atoms with E-state index in [-0.39, 0.29) is 22.0 Å². The summed E-state index contributed by atoms with van der Waals surface area (Å²) in [5, 5.41) is 6.43. The van der Waals surface area contributed by atoms with Gasteiger partial charge in [0.15, 0.2) is 0 Å². The van der Waals surface area contributed by atoms with E-state index in [1.54, 1.807) is 0 Å². The van der Waals surface area contributed by atoms with Crippen LogP contribution < -0.4 is 10.6 Å². The minimum absolute atomic E-state index is 0.0409. The molecule has 0 bridgehead atoms. The average Bonchev–Trinajstić information content (AvgIpc) is 2.28. The summed E-state index contributed by atoms with van der Waals surface area (Å²) in [6, 6.07) is 4.09. The number of amides is 1. The van der Waals surface area contributed by atoms with Crippen molar-refractivity contribution in [2.75, 3.05) is 13.1 Å². The van der Waals surface area contributed by atoms with E-state index in [0.29, 0.717) is 0 Å². The molecular weight excluding hydrogens is 255 g/mol. The van der Waals surface area contributed by atoms with Crippen LogP contribution in [-0.2, 0) is 0 Å². The van der Waals surface area contributed by atoms with Gasteiger partial charge < -0.3 is 10.6 Å². The molecule has 98 valence electrons. The number of benzene rings is 1. The highest BCUT2D eigenvalue weighted by Crippen LogP contribution is 2.20. The first-order chi connectivity index (χ1) is 8.50. The summed E-state index contributed by atoms with van der Waals surface area (Å²) < 4.78 is 13.6. The molecule has 0 saturated carbocycles. The molecule has 1 saturated heterocycles. The molecule has 1 fully saturated rings. The second-order valence-corrected chi connectivity index (χ2v) is 5.33. The van der Waals surface area contributed by atoms with Crippen molar-refractivity contribution in [2.45, 2.75) is 25.3 Å². The lowest BCUT2D eigenvalue weighted by molar-refractivity contribution is 0.0883. The van der Waals surface area contributed by atoms with Crippen molar-refractivity contribution in [3.05, 3.63) is 34.6 Å². The number of carbonyl (C=O) groups excluding carboxylic acids is 1. The smallest absolute Gasteiger partial charge is 0.254 e. The van der Waals surface area contributed by atoms with Crippen LogP contribution in [0.1, 0.15) is 30.1 Å². The van der Waals surface area contributed by atoms with E-state index >= 15 is 0 Å². The van der Waals surface area contributed by atoms with Crippen LogP contribution in [-0.4, -0.2) is 24.5 Å². The zero-order chi connectivity index (χ0) is 13.2. The maximum atomic E-state index is 13.6. The van der Waals surface area contributed by atoms with Crippen molar-refractivity contribution < 1.29 is 9.18 Å². The van der Waals surface area contributed by atoms with Crippen molar-refractivity contribution in [2.24, 2.45) is 0 Å². The predicted octanol–water partition coefficient (Wildman–Crippen LogP) is 2.35. The summed E-state index contributed by atoms with van der Waals surface area (Å²) in [4.78, 5) is 12.0. The van der Waals surface area contributed by atoms with Gasteiger partial charge in [0.2, 0.25) is 0 Å². The fourth-order valence-corrected chi connectivity index (χ4v) is 2.28. The highest BCUT2D eigenvalue weighted by Gasteiger charge is 2.29. The van der Waals surface area contributed by atoms with E-state index in [1.807, 2.05) is 6.92 Å². The summed E-state index contributed by atoms with van der Waals surface area (Å²) in [6.45, 7) is 3.71. The van der Waals surface area contributed by atoms with Gasteiger partial charge in [-0.25, -0.2) is 4.39 Å². The van der Waals surface area contributed by atoms with Gasteiger partial charge in [-0.3, -0.25) is 4.79 Å². The molecule has 0 spiro atoms. The second kappa shape index (κ2) is 5.24. The second-order valence-electron chi connectivity index (χ2n) is 4.89. The molecule has 2 rings (SSSR count). The Balaban J connectivity index is 2.11. The molecule has 1 aromatic carbocycles. The largest absolute Gasteiger partial charge is 0.347 e. The number of hydrogen-bond donors (Lipinski definition) is 2. The Kier molecular flexibility index (Phi) is 3.88. The van der Waals surface area contributed by atoms with E-state index in [4.69, 9.17) is 11.6 Å². The molecule has 18 heavy (non-hydrogen) atoms. The Bertz CT molecular complexity index is 458. The molecule has 0 aromatic heterocycles. The van der Waals surface area contributed by atoms with Gasteiger partial charge in [0, 0.05) is 10.6 Å². The van der Waals surface area contributed by atoms with Crippen molar-refractivity contribution in [3.8, 4) is 0 Å². The number of carbonyl (C=O) groups is 1. The van der Waals surface area contributed by atoms with Gasteiger partial charge in [-0.2, -0.15) is 0 Å². The highest BCUT2D eigenvalue weighted by molar-refractivity contribution is 6.30. The molecule has 5 heteroatoms. The fourth-order valence-electron chi connectivity index (χ4n) is 2.12. The minimum atomic E-state index is -0.586. The minimum Gasteiger partial charge on any atom is -0.347 e. The number of piperidine rings is 1. The van der Waals surface area contributed by atoms with Gasteiger partial charge >= 0.3 is 0 Å². The number of nitrogens with one attached hydrogen (secondary N) is 2. The Morgan fingerprint density at radius 3 is 2.72 bits per heavy atom. The quantitative estimate of drug-likeness (QED) is 0.866. The summed E-state index contributed by atoms with van der Waals surface area (Å²) in [5.74, 6) is -0.967. The lowest BCUT2D eigenvalue weighted by atomic mass is 9.90. The van der Waals surface area contributed by atoms with Crippen LogP contribution in [0.15, 0.2) is 18.2 Å². The first-order valence-corrected chi connectivity index (χ1v) is 6.36. The third-order valence-corrected chi connectivity index (χ3v) is 3.53. The SMILES string of the molecule is CC1(NC(=O)c2ccc(Cl)cc2F)CCNCC1. The van der Waals surface area contributed by atoms with Crippen LogP contribution in [0.25, 0.3) is 0 Å². The van der Waals surface area contributed by atoms with E-state index in [0.717, 1.165) is 32.0 Å². The molecule has 2 N–H and O–H groups in total. The van der Waals surface area contributed by atoms with E-state index in [1.165, 1.54) is 12.1 Å². The standard InChI is InChI=1S/C13H16ClFN2O/c1-13(4-6-16-7-5-13)17-12(18)10-3-2-9(14)8-11(10)15/h2-3,8,16H,4-7H2,1H3,(H,17,18). The molecule has 0 radical (unpaired) electrons. The monoisotopic (exact) mass is 270 g/mol. The van der Waals surface area contributed by atoms with Crippen LogP contribution in [0, 0.1) is 5.82 Å². The van der Waals surface area contributed by atoms with Crippen molar-refractivity contribution in [1.29, 1.82) is 0 Å². The topological polar surface area (TPSA) is 41.1 Å². The van der Waals surface area contributed by atoms with Crippen LogP contribution in [0.5, 0.6) is 0 Å². The molecule has 1 heterocycles. The molecule has 0 atom stereocenters. The zero-order valence-electron chi connectivity index (χ0n) is 10.2. The molecule has 1 aromatic rings. The Hall–Kier alpha value is -1.13. The third kappa shape index (κ3) is 3.00. The van der Waals surface area contributed by atoms with E-state index in [2.05, 4.69) is 10.6 Å². The lowest BCUT2D eigenvalue weighted by Crippen LogP contribution is -2.52. The molecule has 1 amide bonds. The molecule has 1 aliphatic heterocycles. The Morgan fingerprint density at radius 2 is 2.11 bits per heavy atom. The predicted molar refractivity (Wildman–Crippen MR) is 69.4 cm³/mol. The van der Waals surface area contributed by atoms with E-state index < -0.39 is 5.82 Å². The molecule has 0 aliphatic carbocycles. The maximum absolute atomic E-state index is 13.6. The molecule has 0 unspecified atom stereocenters. The van der Waals surface area contributed by atoms with Gasteiger partial charge in [0.05, 0.1) is 5.56 Å². The lowest BCUT2D eigenvalue weighted by Gasteiger charge is -2.35. The number of hydrogen-bond acceptors (Lipinski definition) is 2. The summed E-state index contributed by atoms with van der Waals surface area (Å²) >= 11 is 5.66. The Labute approximate surface area is 111 Å². The van der Waals surface area contributed by atoms with Gasteiger partial charge in [-0.05, 0) is 51.1 Å². The molecule has 3 nitrogen and oxygen atoms in total. The van der Waals surface area contributed by atoms with Crippen LogP contribution >= 0.6 is 11.6 Å². The highest BCUT2D eigenvalue weighted by atomic mass is 35.5. The van der Waals surface area contributed by atoms with Gasteiger partial charge in [-0.1, -0.05) is 11.6 Å². The van der Waals surface area contributed by atoms with Gasteiger partial charge in [0.1, 0.15) is 5.82 Å². The van der Waals surface area contributed by atoms with Gasteiger partial charge in [-0.15, -0.1) is 0 Å². The van der Waals surface area contributed by atoms with Crippen molar-refractivity contribution >= 4 is 17.5 Å². The van der Waals surface area contributed by atoms with Crippen molar-refractivity contribution in [3.63, 3.8) is 0 Å². The van der Waals surface area contributed by atoms with E-state index in [9.17, 15) is 9.18 Å². The average molecular weight is 271 g/mol. The third-order valence-electron chi connectivity index (χ3n) is 3.30. The van der Waals surface area contributed by atoms with Crippen LogP contribution in [0.2, 0.25) is 5.02 Å². The normalized spacial score (nSPS) is 18.4. The fraction of sp³-hybridized carbons (Fsp3) is 0.462. The molecule has 1 aliphatic rings. The maximum Gasteiger partial charge on any atom is 0.254 e. The first-order valence-electron chi connectivity index (χ1n) is 5.98. The Morgan fingerprint density at radius 1 is 1.44 bits per heavy atom. The number of halogens is 2. The zero-order valence-corrected chi connectivity index (χ0v) is 11.0. The summed E-state index contributed by atoms with van der Waals surface area (Å²) in [7, 11) is 0. The van der Waals surface area contributed by atoms with Crippen LogP contribution in [0.4, 0.5) is 4.39 Å². The first kappa shape index (κ1) is 13.3. The van der Waals surface area contributed by atoms with Crippen LogP contribution in [0.3, 0.4) is 0 Å². The number of rotatable bonds is 2.